The molecule has 0 bridgehead atoms. The van der Waals surface area contributed by atoms with Gasteiger partial charge in [0.25, 0.3) is 11.5 Å². The summed E-state index contributed by atoms with van der Waals surface area (Å²) in [6.07, 6.45) is -0.962. The van der Waals surface area contributed by atoms with Crippen LogP contribution in [0.5, 0.6) is 5.75 Å². The third-order valence-electron chi connectivity index (χ3n) is 9.22. The van der Waals surface area contributed by atoms with Gasteiger partial charge in [0.1, 0.15) is 18.5 Å². The molecule has 262 valence electrons. The highest BCUT2D eigenvalue weighted by Crippen LogP contribution is 2.48. The second-order valence-electron chi connectivity index (χ2n) is 12.3. The number of aromatic nitrogens is 6. The first-order chi connectivity index (χ1) is 23.8. The van der Waals surface area contributed by atoms with E-state index in [9.17, 15) is 32.7 Å². The number of aromatic hydroxyl groups is 1. The molecule has 13 nitrogen and oxygen atoms in total. The summed E-state index contributed by atoms with van der Waals surface area (Å²) in [4.78, 5) is 55.3. The number of aryl methyl sites for hydroxylation is 1. The number of likely N-dealkylation sites (tertiary alicyclic amines) is 1. The van der Waals surface area contributed by atoms with Crippen LogP contribution in [-0.2, 0) is 27.9 Å². The predicted octanol–water partition coefficient (Wildman–Crippen LogP) is 4.75. The maximum atomic E-state index is 14.3. The first-order valence-electron chi connectivity index (χ1n) is 15.7. The number of carbonyl (C=O) groups excluding carboxylic acids is 2. The summed E-state index contributed by atoms with van der Waals surface area (Å²) in [6, 6.07) is 2.63. The smallest absolute Gasteiger partial charge is 0.416 e. The molecule has 0 saturated carbocycles. The summed E-state index contributed by atoms with van der Waals surface area (Å²) in [5.74, 6) is 0.654. The van der Waals surface area contributed by atoms with Crippen LogP contribution >= 0.6 is 23.4 Å². The molecule has 50 heavy (non-hydrogen) atoms. The SMILES string of the molecule is Cc1ncnc(C(=O)N2CCC3(CC2)O[C@H](C)c2c3c(=O)n3nc(C4=CCSCC4)nc3n2CC(=O)Nc2ccc(C(F)(F)F)cc2Cl)c1O. The Kier molecular flexibility index (Phi) is 8.63. The number of anilines is 1. The average Bonchev–Trinajstić information content (AvgIpc) is 3.65. The van der Waals surface area contributed by atoms with Crippen molar-refractivity contribution in [3.8, 4) is 5.75 Å². The number of hydrogen-bond donors (Lipinski definition) is 2. The summed E-state index contributed by atoms with van der Waals surface area (Å²) in [5.41, 5.74) is -0.868. The van der Waals surface area contributed by atoms with E-state index in [2.05, 4.69) is 20.4 Å². The molecular weight excluding hydrogens is 701 g/mol. The standard InChI is InChI=1S/C32H30ClF3N8O5S/c1-16-26(46)24(38-15-37-16)29(48)42-9-7-31(8-10-42)23-25(17(2)49-31)43(14-22(45)39-21-4-3-19(13-20(21)33)32(34,35)36)30-40-27(41-44(30)28(23)47)18-5-11-50-12-6-18/h3-5,13,15,17,46H,6-12,14H2,1-2H3,(H,39,45)/t17-/m1/s1. The number of piperidine rings is 1. The summed E-state index contributed by atoms with van der Waals surface area (Å²) >= 11 is 7.88. The van der Waals surface area contributed by atoms with Crippen molar-refractivity contribution in [3.05, 3.63) is 80.0 Å². The first-order valence-corrected chi connectivity index (χ1v) is 17.3. The Morgan fingerprint density at radius 2 is 1.98 bits per heavy atom. The second-order valence-corrected chi connectivity index (χ2v) is 13.9. The number of fused-ring (bicyclic) bond motifs is 3. The van der Waals surface area contributed by atoms with Gasteiger partial charge in [-0.05, 0) is 62.6 Å². The lowest BCUT2D eigenvalue weighted by Crippen LogP contribution is -2.47. The van der Waals surface area contributed by atoms with Gasteiger partial charge in [-0.3, -0.25) is 14.4 Å². The number of nitrogens with one attached hydrogen (secondary N) is 1. The van der Waals surface area contributed by atoms with Crippen LogP contribution in [-0.4, -0.2) is 75.5 Å². The molecule has 1 aromatic carbocycles. The number of amides is 2. The number of hydrogen-bond acceptors (Lipinski definition) is 10. The number of alkyl halides is 3. The lowest BCUT2D eigenvalue weighted by atomic mass is 9.85. The molecule has 2 N–H and O–H groups in total. The van der Waals surface area contributed by atoms with Crippen LogP contribution in [0, 0.1) is 6.92 Å². The van der Waals surface area contributed by atoms with Crippen LogP contribution in [0.15, 0.2) is 35.4 Å². The Morgan fingerprint density at radius 3 is 2.66 bits per heavy atom. The van der Waals surface area contributed by atoms with Crippen molar-refractivity contribution in [3.63, 3.8) is 0 Å². The molecule has 0 aliphatic carbocycles. The highest BCUT2D eigenvalue weighted by atomic mass is 35.5. The van der Waals surface area contributed by atoms with E-state index in [-0.39, 0.29) is 65.1 Å². The fourth-order valence-electron chi connectivity index (χ4n) is 6.74. The van der Waals surface area contributed by atoms with E-state index in [0.717, 1.165) is 39.8 Å². The van der Waals surface area contributed by atoms with Crippen molar-refractivity contribution in [1.29, 1.82) is 0 Å². The maximum Gasteiger partial charge on any atom is 0.416 e. The van der Waals surface area contributed by atoms with Crippen molar-refractivity contribution in [2.75, 3.05) is 29.9 Å². The minimum Gasteiger partial charge on any atom is -0.504 e. The zero-order valence-electron chi connectivity index (χ0n) is 26.8. The zero-order valence-corrected chi connectivity index (χ0v) is 28.3. The zero-order chi connectivity index (χ0) is 35.5. The number of carbonyl (C=O) groups is 2. The van der Waals surface area contributed by atoms with Crippen molar-refractivity contribution >= 4 is 52.2 Å². The fraction of sp³-hybridized carbons (Fsp3) is 0.406. The van der Waals surface area contributed by atoms with Crippen LogP contribution in [0.2, 0.25) is 5.02 Å². The number of halogens is 4. The molecule has 3 aromatic heterocycles. The van der Waals surface area contributed by atoms with Crippen LogP contribution in [0.1, 0.15) is 71.1 Å². The molecule has 0 unspecified atom stereocenters. The quantitative estimate of drug-likeness (QED) is 0.294. The number of nitrogens with zero attached hydrogens (tertiary/aromatic N) is 7. The summed E-state index contributed by atoms with van der Waals surface area (Å²) in [7, 11) is 0. The predicted molar refractivity (Wildman–Crippen MR) is 177 cm³/mol. The Balaban J connectivity index is 1.26. The molecule has 3 aliphatic heterocycles. The third kappa shape index (κ3) is 5.90. The molecule has 6 heterocycles. The molecule has 7 rings (SSSR count). The summed E-state index contributed by atoms with van der Waals surface area (Å²) < 4.78 is 48.9. The van der Waals surface area contributed by atoms with E-state index < -0.39 is 47.4 Å². The largest absolute Gasteiger partial charge is 0.504 e. The van der Waals surface area contributed by atoms with Gasteiger partial charge in [-0.1, -0.05) is 17.7 Å². The monoisotopic (exact) mass is 730 g/mol. The second kappa shape index (κ2) is 12.7. The molecule has 1 fully saturated rings. The highest BCUT2D eigenvalue weighted by molar-refractivity contribution is 7.99. The molecule has 0 radical (unpaired) electrons. The van der Waals surface area contributed by atoms with Gasteiger partial charge >= 0.3 is 6.18 Å². The number of ether oxygens (including phenoxy) is 1. The molecule has 1 atom stereocenters. The fourth-order valence-corrected chi connectivity index (χ4v) is 7.82. The number of benzene rings is 1. The minimum absolute atomic E-state index is 0.0203. The van der Waals surface area contributed by atoms with Gasteiger partial charge in [0.2, 0.25) is 11.7 Å². The molecule has 4 aromatic rings. The Morgan fingerprint density at radius 1 is 1.22 bits per heavy atom. The molecule has 1 spiro atoms. The lowest BCUT2D eigenvalue weighted by Gasteiger charge is -2.39. The van der Waals surface area contributed by atoms with Gasteiger partial charge < -0.3 is 24.6 Å². The van der Waals surface area contributed by atoms with Gasteiger partial charge in [-0.2, -0.15) is 34.4 Å². The van der Waals surface area contributed by atoms with E-state index in [1.807, 2.05) is 6.08 Å². The molecular formula is C32H30ClF3N8O5S. The van der Waals surface area contributed by atoms with Gasteiger partial charge in [-0.25, -0.2) is 9.97 Å². The average molecular weight is 731 g/mol. The van der Waals surface area contributed by atoms with E-state index in [1.54, 1.807) is 30.2 Å². The topological polar surface area (TPSA) is 157 Å². The van der Waals surface area contributed by atoms with Crippen LogP contribution < -0.4 is 10.9 Å². The first kappa shape index (κ1) is 34.0. The highest BCUT2D eigenvalue weighted by Gasteiger charge is 2.50. The van der Waals surface area contributed by atoms with Crippen LogP contribution in [0.3, 0.4) is 0 Å². The van der Waals surface area contributed by atoms with Crippen LogP contribution in [0.4, 0.5) is 18.9 Å². The van der Waals surface area contributed by atoms with E-state index in [0.29, 0.717) is 17.9 Å². The van der Waals surface area contributed by atoms with Crippen LogP contribution in [0.25, 0.3) is 11.4 Å². The van der Waals surface area contributed by atoms with Crippen molar-refractivity contribution in [1.82, 2.24) is 34.0 Å². The van der Waals surface area contributed by atoms with Crippen molar-refractivity contribution < 1.29 is 32.6 Å². The number of thioether (sulfide) groups is 1. The Hall–Kier alpha value is -4.48. The minimum atomic E-state index is -4.61. The van der Waals surface area contributed by atoms with E-state index >= 15 is 0 Å². The molecule has 18 heteroatoms. The third-order valence-corrected chi connectivity index (χ3v) is 10.4. The summed E-state index contributed by atoms with van der Waals surface area (Å²) in [5, 5.41) is 17.3. The van der Waals surface area contributed by atoms with E-state index in [1.165, 1.54) is 11.2 Å². The normalized spacial score (nSPS) is 18.7. The molecule has 1 saturated heterocycles. The Bertz CT molecular complexity index is 2140. The maximum absolute atomic E-state index is 14.3. The van der Waals surface area contributed by atoms with Gasteiger partial charge in [0.15, 0.2) is 17.3 Å². The van der Waals surface area contributed by atoms with Gasteiger partial charge in [-0.15, -0.1) is 5.10 Å². The van der Waals surface area contributed by atoms with Gasteiger partial charge in [0.05, 0.1) is 39.3 Å². The van der Waals surface area contributed by atoms with Crippen molar-refractivity contribution in [2.24, 2.45) is 0 Å². The molecule has 3 aliphatic rings. The number of rotatable bonds is 5. The van der Waals surface area contributed by atoms with Crippen molar-refractivity contribution in [2.45, 2.75) is 57.5 Å². The molecule has 2 amide bonds. The van der Waals surface area contributed by atoms with E-state index in [4.69, 9.17) is 21.3 Å². The van der Waals surface area contributed by atoms with Gasteiger partial charge in [0, 0.05) is 18.8 Å². The lowest BCUT2D eigenvalue weighted by molar-refractivity contribution is -0.137. The number of allylic oxidation sites excluding steroid dienone is 1. The Labute approximate surface area is 291 Å². The summed E-state index contributed by atoms with van der Waals surface area (Å²) in [6.45, 7) is 3.27.